The number of hydrogen-bond acceptors (Lipinski definition) is 6. The molecule has 0 N–H and O–H groups in total. The lowest BCUT2D eigenvalue weighted by molar-refractivity contribution is -0.129. The fourth-order valence-electron chi connectivity index (χ4n) is 2.01. The molecule has 1 aliphatic rings. The van der Waals surface area contributed by atoms with Crippen molar-refractivity contribution >= 4 is 29.3 Å². The molecule has 2 heterocycles. The number of carbonyl (C=O) groups excluding carboxylic acids is 1. The van der Waals surface area contributed by atoms with Gasteiger partial charge in [0.15, 0.2) is 17.2 Å². The van der Waals surface area contributed by atoms with Gasteiger partial charge in [-0.2, -0.15) is 0 Å². The predicted octanol–water partition coefficient (Wildman–Crippen LogP) is 3.11. The average molecular weight is 315 g/mol. The van der Waals surface area contributed by atoms with Crippen molar-refractivity contribution in [2.24, 2.45) is 4.99 Å². The number of methoxy groups -OCH3 is 2. The highest BCUT2D eigenvalue weighted by Crippen LogP contribution is 2.29. The van der Waals surface area contributed by atoms with Crippen molar-refractivity contribution in [3.63, 3.8) is 0 Å². The Bertz CT molecular complexity index is 762. The molecule has 112 valence electrons. The molecule has 22 heavy (non-hydrogen) atoms. The molecule has 0 fully saturated rings. The van der Waals surface area contributed by atoms with E-state index in [1.165, 1.54) is 11.3 Å². The van der Waals surface area contributed by atoms with E-state index in [-0.39, 0.29) is 11.6 Å². The minimum absolute atomic E-state index is 0.258. The lowest BCUT2D eigenvalue weighted by atomic mass is 10.2. The Kier molecular flexibility index (Phi) is 3.93. The van der Waals surface area contributed by atoms with Crippen molar-refractivity contribution in [2.45, 2.75) is 0 Å². The van der Waals surface area contributed by atoms with Gasteiger partial charge in [-0.15, -0.1) is 11.3 Å². The van der Waals surface area contributed by atoms with Crippen LogP contribution in [0.3, 0.4) is 0 Å². The van der Waals surface area contributed by atoms with Crippen LogP contribution in [0.2, 0.25) is 0 Å². The van der Waals surface area contributed by atoms with Crippen molar-refractivity contribution in [3.8, 4) is 11.5 Å². The van der Waals surface area contributed by atoms with Gasteiger partial charge in [-0.3, -0.25) is 0 Å². The molecule has 0 amide bonds. The fourth-order valence-corrected chi connectivity index (χ4v) is 2.66. The maximum atomic E-state index is 11.9. The zero-order chi connectivity index (χ0) is 15.5. The first kappa shape index (κ1) is 14.3. The Morgan fingerprint density at radius 3 is 2.68 bits per heavy atom. The Labute approximate surface area is 131 Å². The predicted molar refractivity (Wildman–Crippen MR) is 84.5 cm³/mol. The third-order valence-electron chi connectivity index (χ3n) is 3.07. The summed E-state index contributed by atoms with van der Waals surface area (Å²) in [5, 5.41) is 1.94. The van der Waals surface area contributed by atoms with Gasteiger partial charge in [0.05, 0.1) is 14.2 Å². The van der Waals surface area contributed by atoms with E-state index in [4.69, 9.17) is 14.2 Å². The Morgan fingerprint density at radius 2 is 2.00 bits per heavy atom. The molecular weight excluding hydrogens is 302 g/mol. The van der Waals surface area contributed by atoms with E-state index in [2.05, 4.69) is 4.99 Å². The summed E-state index contributed by atoms with van der Waals surface area (Å²) in [7, 11) is 3.11. The molecule has 1 aromatic heterocycles. The number of aliphatic imine (C=N–C) groups is 1. The summed E-state index contributed by atoms with van der Waals surface area (Å²) in [6.07, 6.45) is 1.71. The van der Waals surface area contributed by atoms with Gasteiger partial charge in [-0.1, -0.05) is 6.07 Å². The number of benzene rings is 1. The van der Waals surface area contributed by atoms with Crippen LogP contribution in [0.4, 0.5) is 0 Å². The number of hydrogen-bond donors (Lipinski definition) is 0. The van der Waals surface area contributed by atoms with Gasteiger partial charge >= 0.3 is 5.97 Å². The number of esters is 1. The molecule has 2 aromatic rings. The monoisotopic (exact) mass is 315 g/mol. The van der Waals surface area contributed by atoms with Gasteiger partial charge in [-0.05, 0) is 35.7 Å². The van der Waals surface area contributed by atoms with Crippen molar-refractivity contribution < 1.29 is 19.0 Å². The lowest BCUT2D eigenvalue weighted by Crippen LogP contribution is -2.05. The molecule has 1 aliphatic heterocycles. The van der Waals surface area contributed by atoms with Gasteiger partial charge in [0.25, 0.3) is 0 Å². The number of rotatable bonds is 4. The van der Waals surface area contributed by atoms with Crippen LogP contribution in [0, 0.1) is 0 Å². The highest BCUT2D eigenvalue weighted by atomic mass is 32.1. The summed E-state index contributed by atoms with van der Waals surface area (Å²) in [4.78, 5) is 17.1. The topological polar surface area (TPSA) is 57.1 Å². The molecule has 0 bridgehead atoms. The van der Waals surface area contributed by atoms with Gasteiger partial charge < -0.3 is 14.2 Å². The fraction of sp³-hybridized carbons (Fsp3) is 0.125. The van der Waals surface area contributed by atoms with Crippen molar-refractivity contribution in [1.82, 2.24) is 0 Å². The van der Waals surface area contributed by atoms with E-state index in [1.807, 2.05) is 17.5 Å². The first-order valence-electron chi connectivity index (χ1n) is 6.49. The summed E-state index contributed by atoms with van der Waals surface area (Å²) < 4.78 is 15.7. The third kappa shape index (κ3) is 2.73. The average Bonchev–Trinajstić information content (AvgIpc) is 3.17. The van der Waals surface area contributed by atoms with Crippen LogP contribution in [-0.4, -0.2) is 26.1 Å². The molecule has 3 rings (SSSR count). The minimum atomic E-state index is -0.460. The van der Waals surface area contributed by atoms with Crippen molar-refractivity contribution in [3.05, 3.63) is 51.8 Å². The highest BCUT2D eigenvalue weighted by molar-refractivity contribution is 7.10. The molecule has 1 aromatic carbocycles. The van der Waals surface area contributed by atoms with Crippen LogP contribution in [0.25, 0.3) is 6.08 Å². The van der Waals surface area contributed by atoms with E-state index in [9.17, 15) is 4.79 Å². The summed E-state index contributed by atoms with van der Waals surface area (Å²) in [5.41, 5.74) is 0.938. The summed E-state index contributed by atoms with van der Waals surface area (Å²) in [6, 6.07) is 9.05. The summed E-state index contributed by atoms with van der Waals surface area (Å²) in [6.45, 7) is 0. The first-order chi connectivity index (χ1) is 10.7. The largest absolute Gasteiger partial charge is 0.493 e. The van der Waals surface area contributed by atoms with E-state index in [1.54, 1.807) is 38.5 Å². The van der Waals surface area contributed by atoms with Gasteiger partial charge in [0.2, 0.25) is 5.90 Å². The maximum absolute atomic E-state index is 11.9. The number of nitrogens with zero attached hydrogens (tertiary/aromatic N) is 1. The van der Waals surface area contributed by atoms with Gasteiger partial charge in [0.1, 0.15) is 0 Å². The second-order valence-corrected chi connectivity index (χ2v) is 5.40. The number of thiophene rings is 1. The van der Waals surface area contributed by atoms with Crippen LogP contribution < -0.4 is 9.47 Å². The second kappa shape index (κ2) is 6.03. The standard InChI is InChI=1S/C16H13NO4S/c1-19-13-6-5-10(8-14(13)20-2)15-17-12(16(18)21-15)9-11-4-3-7-22-11/h3-9H,1-2H3/b12-9-. The van der Waals surface area contributed by atoms with E-state index < -0.39 is 5.97 Å². The van der Waals surface area contributed by atoms with E-state index in [0.29, 0.717) is 17.1 Å². The Morgan fingerprint density at radius 1 is 1.18 bits per heavy atom. The molecule has 0 atom stereocenters. The normalized spacial score (nSPS) is 15.6. The molecule has 5 nitrogen and oxygen atoms in total. The summed E-state index contributed by atoms with van der Waals surface area (Å²) >= 11 is 1.53. The van der Waals surface area contributed by atoms with Gasteiger partial charge in [-0.25, -0.2) is 9.79 Å². The van der Waals surface area contributed by atoms with E-state index >= 15 is 0 Å². The second-order valence-electron chi connectivity index (χ2n) is 4.42. The molecule has 0 unspecified atom stereocenters. The third-order valence-corrected chi connectivity index (χ3v) is 3.89. The molecular formula is C16H13NO4S. The molecule has 0 spiro atoms. The lowest BCUT2D eigenvalue weighted by Gasteiger charge is -2.08. The maximum Gasteiger partial charge on any atom is 0.363 e. The number of cyclic esters (lactones) is 1. The Hall–Kier alpha value is -2.60. The Balaban J connectivity index is 1.94. The molecule has 0 saturated carbocycles. The molecule has 6 heteroatoms. The van der Waals surface area contributed by atoms with Crippen molar-refractivity contribution in [2.75, 3.05) is 14.2 Å². The van der Waals surface area contributed by atoms with Crippen LogP contribution in [-0.2, 0) is 9.53 Å². The van der Waals surface area contributed by atoms with Gasteiger partial charge in [0, 0.05) is 10.4 Å². The van der Waals surface area contributed by atoms with Crippen molar-refractivity contribution in [1.29, 1.82) is 0 Å². The zero-order valence-corrected chi connectivity index (χ0v) is 12.8. The minimum Gasteiger partial charge on any atom is -0.493 e. The van der Waals surface area contributed by atoms with Crippen LogP contribution >= 0.6 is 11.3 Å². The van der Waals surface area contributed by atoms with Crippen LogP contribution in [0.15, 0.2) is 46.4 Å². The van der Waals surface area contributed by atoms with E-state index in [0.717, 1.165) is 4.88 Å². The number of carbonyl (C=O) groups is 1. The molecule has 0 saturated heterocycles. The summed E-state index contributed by atoms with van der Waals surface area (Å²) in [5.74, 6) is 0.951. The highest BCUT2D eigenvalue weighted by Gasteiger charge is 2.25. The zero-order valence-electron chi connectivity index (χ0n) is 12.0. The van der Waals surface area contributed by atoms with Crippen LogP contribution in [0.1, 0.15) is 10.4 Å². The number of ether oxygens (including phenoxy) is 3. The first-order valence-corrected chi connectivity index (χ1v) is 7.37. The quantitative estimate of drug-likeness (QED) is 0.642. The molecule has 0 aliphatic carbocycles. The smallest absolute Gasteiger partial charge is 0.363 e. The SMILES string of the molecule is COc1ccc(C2=N/C(=C\c3cccs3)C(=O)O2)cc1OC. The van der Waals surface area contributed by atoms with Crippen LogP contribution in [0.5, 0.6) is 11.5 Å². The molecule has 0 radical (unpaired) electrons.